The van der Waals surface area contributed by atoms with Gasteiger partial charge in [0.05, 0.1) is 0 Å². The van der Waals surface area contributed by atoms with Gasteiger partial charge in [0.2, 0.25) is 0 Å². The molecule has 1 N–H and O–H groups in total. The molecule has 0 bridgehead atoms. The van der Waals surface area contributed by atoms with Crippen LogP contribution in [-0.2, 0) is 18.1 Å². The fourth-order valence-corrected chi connectivity index (χ4v) is 6.52. The van der Waals surface area contributed by atoms with Crippen molar-refractivity contribution in [3.8, 4) is 5.75 Å². The summed E-state index contributed by atoms with van der Waals surface area (Å²) in [6.07, 6.45) is 5.48. The maximum absolute atomic E-state index is 11.2. The van der Waals surface area contributed by atoms with Gasteiger partial charge in [-0.05, 0) is 57.6 Å². The Morgan fingerprint density at radius 1 is 0.794 bits per heavy atom. The lowest BCUT2D eigenvalue weighted by Gasteiger charge is -2.29. The number of hydrogen-bond donors (Lipinski definition) is 1. The van der Waals surface area contributed by atoms with Crippen molar-refractivity contribution >= 4 is 14.8 Å². The van der Waals surface area contributed by atoms with Gasteiger partial charge in [-0.3, -0.25) is 0 Å². The van der Waals surface area contributed by atoms with Crippen LogP contribution in [0.2, 0.25) is 6.04 Å². The first-order valence-corrected chi connectivity index (χ1v) is 15.0. The van der Waals surface area contributed by atoms with Gasteiger partial charge in [-0.25, -0.2) is 4.79 Å². The van der Waals surface area contributed by atoms with E-state index in [9.17, 15) is 9.90 Å². The smallest absolute Gasteiger partial charge is 0.479 e. The molecule has 0 aliphatic carbocycles. The fourth-order valence-electron chi connectivity index (χ4n) is 3.59. The summed E-state index contributed by atoms with van der Waals surface area (Å²) >= 11 is 0. The molecule has 0 fully saturated rings. The largest absolute Gasteiger partial charge is 0.501 e. The molecule has 1 aromatic carbocycles. The quantitative estimate of drug-likeness (QED) is 0.170. The molecule has 1 aromatic rings. The summed E-state index contributed by atoms with van der Waals surface area (Å²) in [4.78, 5) is 11.2. The van der Waals surface area contributed by atoms with Crippen molar-refractivity contribution in [3.63, 3.8) is 0 Å². The molecule has 0 heterocycles. The van der Waals surface area contributed by atoms with Crippen LogP contribution < -0.4 is 4.74 Å². The SMILES string of the molecule is CC(C)CCCCCCC(Oc1ccccc1)C(=O)O.CCO[Si](CC(C)C)(OCC)OCC. The molecule has 7 heteroatoms. The second-order valence-electron chi connectivity index (χ2n) is 9.22. The number of aliphatic carboxylic acids is 1. The maximum atomic E-state index is 11.2. The molecule has 0 radical (unpaired) electrons. The molecule has 0 spiro atoms. The minimum Gasteiger partial charge on any atom is -0.479 e. The molecule has 0 aliphatic heterocycles. The number of para-hydroxylation sites is 1. The molecule has 1 unspecified atom stereocenters. The molecule has 0 aliphatic rings. The third kappa shape index (κ3) is 16.3. The number of carbonyl (C=O) groups is 1. The van der Waals surface area contributed by atoms with E-state index in [-0.39, 0.29) is 0 Å². The molecule has 0 amide bonds. The topological polar surface area (TPSA) is 74.2 Å². The highest BCUT2D eigenvalue weighted by Crippen LogP contribution is 2.21. The lowest BCUT2D eigenvalue weighted by atomic mass is 10.0. The number of carboxylic acid groups (broad SMARTS) is 1. The van der Waals surface area contributed by atoms with Gasteiger partial charge in [0, 0.05) is 25.9 Å². The van der Waals surface area contributed by atoms with Gasteiger partial charge in [0.15, 0.2) is 6.10 Å². The van der Waals surface area contributed by atoms with Crippen molar-refractivity contribution in [2.45, 2.75) is 99.1 Å². The highest BCUT2D eigenvalue weighted by Gasteiger charge is 2.40. The highest BCUT2D eigenvalue weighted by atomic mass is 28.4. The van der Waals surface area contributed by atoms with Gasteiger partial charge in [0.25, 0.3) is 0 Å². The Balaban J connectivity index is 0.000000686. The van der Waals surface area contributed by atoms with Crippen molar-refractivity contribution in [2.24, 2.45) is 11.8 Å². The van der Waals surface area contributed by atoms with Crippen LogP contribution in [0.4, 0.5) is 0 Å². The molecule has 6 nitrogen and oxygen atoms in total. The first kappa shape index (κ1) is 32.6. The first-order chi connectivity index (χ1) is 16.2. The van der Waals surface area contributed by atoms with E-state index in [1.165, 1.54) is 19.3 Å². The number of ether oxygens (including phenoxy) is 1. The third-order valence-electron chi connectivity index (χ3n) is 5.05. The van der Waals surface area contributed by atoms with E-state index in [2.05, 4.69) is 27.7 Å². The molecule has 0 saturated carbocycles. The molecule has 198 valence electrons. The van der Waals surface area contributed by atoms with E-state index in [1.807, 2.05) is 39.0 Å². The van der Waals surface area contributed by atoms with Crippen molar-refractivity contribution in [1.29, 1.82) is 0 Å². The van der Waals surface area contributed by atoms with Crippen LogP contribution in [-0.4, -0.2) is 45.8 Å². The Hall–Kier alpha value is -1.41. The van der Waals surface area contributed by atoms with Crippen LogP contribution in [0.1, 0.15) is 87.0 Å². The average Bonchev–Trinajstić information content (AvgIpc) is 2.76. The van der Waals surface area contributed by atoms with Gasteiger partial charge >= 0.3 is 14.8 Å². The molecule has 0 saturated heterocycles. The summed E-state index contributed by atoms with van der Waals surface area (Å²) in [5.41, 5.74) is 0. The van der Waals surface area contributed by atoms with E-state index >= 15 is 0 Å². The number of benzene rings is 1. The third-order valence-corrected chi connectivity index (χ3v) is 8.55. The van der Waals surface area contributed by atoms with Crippen LogP contribution in [0, 0.1) is 11.8 Å². The fraction of sp³-hybridized carbons (Fsp3) is 0.741. The average molecular weight is 499 g/mol. The lowest BCUT2D eigenvalue weighted by molar-refractivity contribution is -0.145. The minimum atomic E-state index is -2.36. The summed E-state index contributed by atoms with van der Waals surface area (Å²) in [6.45, 7) is 16.7. The summed E-state index contributed by atoms with van der Waals surface area (Å²) in [5.74, 6) is 1.05. The van der Waals surface area contributed by atoms with Crippen LogP contribution in [0.3, 0.4) is 0 Å². The van der Waals surface area contributed by atoms with E-state index in [0.717, 1.165) is 24.8 Å². The van der Waals surface area contributed by atoms with E-state index < -0.39 is 20.9 Å². The standard InChI is InChI=1S/C17H26O3.C10H24O3Si/c1-14(2)10-6-3-4-9-13-16(17(18)19)20-15-11-7-5-8-12-15;1-6-11-14(12-7-2,13-8-3)9-10(4)5/h5,7-8,11-12,14,16H,3-4,6,9-10,13H2,1-2H3,(H,18,19);10H,6-9H2,1-5H3. The molecule has 1 atom stereocenters. The Kier molecular flexibility index (Phi) is 19.0. The zero-order valence-electron chi connectivity index (χ0n) is 22.7. The normalized spacial score (nSPS) is 12.4. The maximum Gasteiger partial charge on any atom is 0.501 e. The highest BCUT2D eigenvalue weighted by molar-refractivity contribution is 6.60. The monoisotopic (exact) mass is 498 g/mol. The Labute approximate surface area is 209 Å². The summed E-state index contributed by atoms with van der Waals surface area (Å²) in [7, 11) is -2.36. The summed E-state index contributed by atoms with van der Waals surface area (Å²) < 4.78 is 22.7. The number of hydrogen-bond acceptors (Lipinski definition) is 5. The zero-order chi connectivity index (χ0) is 25.8. The second-order valence-corrected chi connectivity index (χ2v) is 11.9. The van der Waals surface area contributed by atoms with Crippen molar-refractivity contribution in [2.75, 3.05) is 19.8 Å². The van der Waals surface area contributed by atoms with Crippen LogP contribution in [0.15, 0.2) is 30.3 Å². The van der Waals surface area contributed by atoms with Gasteiger partial charge in [0.1, 0.15) is 5.75 Å². The van der Waals surface area contributed by atoms with Crippen LogP contribution in [0.5, 0.6) is 5.75 Å². The second kappa shape index (κ2) is 19.8. The van der Waals surface area contributed by atoms with E-state index in [0.29, 0.717) is 37.9 Å². The summed E-state index contributed by atoms with van der Waals surface area (Å²) in [6, 6.07) is 10.1. The Morgan fingerprint density at radius 3 is 1.71 bits per heavy atom. The van der Waals surface area contributed by atoms with Crippen molar-refractivity contribution < 1.29 is 27.9 Å². The van der Waals surface area contributed by atoms with Crippen molar-refractivity contribution in [3.05, 3.63) is 30.3 Å². The predicted octanol–water partition coefficient (Wildman–Crippen LogP) is 7.21. The van der Waals surface area contributed by atoms with Crippen LogP contribution in [0.25, 0.3) is 0 Å². The lowest BCUT2D eigenvalue weighted by Crippen LogP contribution is -2.46. The van der Waals surface area contributed by atoms with Gasteiger partial charge < -0.3 is 23.1 Å². The van der Waals surface area contributed by atoms with Crippen LogP contribution >= 0.6 is 0 Å². The van der Waals surface area contributed by atoms with Gasteiger partial charge in [-0.2, -0.15) is 0 Å². The molecule has 34 heavy (non-hydrogen) atoms. The first-order valence-electron chi connectivity index (χ1n) is 13.1. The number of unbranched alkanes of at least 4 members (excludes halogenated alkanes) is 3. The number of carboxylic acids is 1. The number of rotatable bonds is 18. The molecular weight excluding hydrogens is 448 g/mol. The molecule has 0 aromatic heterocycles. The van der Waals surface area contributed by atoms with Gasteiger partial charge in [-0.1, -0.05) is 71.6 Å². The molecular formula is C27H50O6Si. The Morgan fingerprint density at radius 2 is 1.29 bits per heavy atom. The summed E-state index contributed by atoms with van der Waals surface area (Å²) in [5, 5.41) is 9.19. The minimum absolute atomic E-state index is 0.548. The van der Waals surface area contributed by atoms with Gasteiger partial charge in [-0.15, -0.1) is 0 Å². The van der Waals surface area contributed by atoms with Crippen molar-refractivity contribution in [1.82, 2.24) is 0 Å². The predicted molar refractivity (Wildman–Crippen MR) is 141 cm³/mol. The van der Waals surface area contributed by atoms with E-state index in [1.54, 1.807) is 12.1 Å². The Bertz CT molecular complexity index is 591. The van der Waals surface area contributed by atoms with E-state index in [4.69, 9.17) is 18.0 Å². The molecule has 1 rings (SSSR count). The zero-order valence-corrected chi connectivity index (χ0v) is 23.7.